The van der Waals surface area contributed by atoms with Gasteiger partial charge in [-0.1, -0.05) is 0 Å². The second-order valence-electron chi connectivity index (χ2n) is 6.41. The molecule has 5 N–H and O–H groups in total. The highest BCUT2D eigenvalue weighted by molar-refractivity contribution is 6.07. The number of halogens is 2. The number of fused-ring (bicyclic) bond motifs is 1. The molecular formula is C17H16F2N8O2. The molecule has 0 spiro atoms. The van der Waals surface area contributed by atoms with Crippen molar-refractivity contribution in [2.75, 3.05) is 28.6 Å². The number of nitrogens with one attached hydrogen (secondary N) is 3. The second-order valence-corrected chi connectivity index (χ2v) is 6.41. The molecule has 29 heavy (non-hydrogen) atoms. The molecule has 1 aliphatic rings. The summed E-state index contributed by atoms with van der Waals surface area (Å²) in [7, 11) is 0. The maximum Gasteiger partial charge on any atom is 0.325 e. The van der Waals surface area contributed by atoms with Gasteiger partial charge in [0.15, 0.2) is 23.1 Å². The zero-order valence-electron chi connectivity index (χ0n) is 15.0. The number of H-pyrrole nitrogens is 1. The smallest absolute Gasteiger partial charge is 0.325 e. The van der Waals surface area contributed by atoms with Crippen LogP contribution in [0.5, 0.6) is 0 Å². The molecule has 4 rings (SSSR count). The maximum absolute atomic E-state index is 14.3. The van der Waals surface area contributed by atoms with Gasteiger partial charge in [-0.15, -0.1) is 0 Å². The number of hydrogen-bond acceptors (Lipinski definition) is 6. The van der Waals surface area contributed by atoms with Crippen molar-refractivity contribution in [3.63, 3.8) is 0 Å². The highest BCUT2D eigenvalue weighted by atomic mass is 19.1. The number of carbonyl (C=O) groups excluding carboxylic acids is 2. The summed E-state index contributed by atoms with van der Waals surface area (Å²) in [6, 6.07) is 0.777. The number of urea groups is 1. The Labute approximate surface area is 162 Å². The predicted molar refractivity (Wildman–Crippen MR) is 101 cm³/mol. The van der Waals surface area contributed by atoms with Crippen LogP contribution in [0.15, 0.2) is 18.5 Å². The van der Waals surface area contributed by atoms with Gasteiger partial charge in [-0.3, -0.25) is 15.2 Å². The van der Waals surface area contributed by atoms with Gasteiger partial charge in [0, 0.05) is 13.1 Å². The van der Waals surface area contributed by atoms with Gasteiger partial charge in [-0.2, -0.15) is 5.10 Å². The standard InChI is InChI=1S/C17H16F2N8O2/c18-9-4-3-8(13(20)28)11(19)12(9)23-17(29)24-14-10-15(22-7-21-14)25-26-16(10)27-5-1-2-6-27/h3-4,7H,1-2,5-6H2,(H2,20,28)(H3,21,22,23,24,25,26,29). The Morgan fingerprint density at radius 2 is 1.90 bits per heavy atom. The number of carbonyl (C=O) groups is 2. The maximum atomic E-state index is 14.3. The lowest BCUT2D eigenvalue weighted by atomic mass is 10.1. The molecule has 10 nitrogen and oxygen atoms in total. The van der Waals surface area contributed by atoms with Crippen LogP contribution in [0.25, 0.3) is 11.0 Å². The van der Waals surface area contributed by atoms with Crippen molar-refractivity contribution >= 4 is 40.3 Å². The van der Waals surface area contributed by atoms with Gasteiger partial charge in [0.2, 0.25) is 0 Å². The van der Waals surface area contributed by atoms with E-state index in [0.717, 1.165) is 38.1 Å². The minimum absolute atomic E-state index is 0.120. The molecule has 3 heterocycles. The average Bonchev–Trinajstić information content (AvgIpc) is 3.34. The lowest BCUT2D eigenvalue weighted by Crippen LogP contribution is -2.24. The molecule has 3 aromatic rings. The van der Waals surface area contributed by atoms with Gasteiger partial charge in [0.05, 0.1) is 5.56 Å². The molecule has 0 saturated carbocycles. The summed E-state index contributed by atoms with van der Waals surface area (Å²) in [5, 5.41) is 12.0. The van der Waals surface area contributed by atoms with Crippen LogP contribution in [0.1, 0.15) is 23.2 Å². The van der Waals surface area contributed by atoms with E-state index in [4.69, 9.17) is 5.73 Å². The third kappa shape index (κ3) is 3.39. The van der Waals surface area contributed by atoms with Crippen molar-refractivity contribution in [3.8, 4) is 0 Å². The van der Waals surface area contributed by atoms with Gasteiger partial charge in [-0.05, 0) is 25.0 Å². The van der Waals surface area contributed by atoms with Crippen molar-refractivity contribution in [3.05, 3.63) is 35.7 Å². The van der Waals surface area contributed by atoms with Crippen molar-refractivity contribution < 1.29 is 18.4 Å². The highest BCUT2D eigenvalue weighted by Gasteiger charge is 2.23. The molecule has 3 amide bonds. The minimum Gasteiger partial charge on any atom is -0.366 e. The molecule has 0 unspecified atom stereocenters. The molecule has 1 fully saturated rings. The number of amides is 3. The topological polar surface area (TPSA) is 142 Å². The fourth-order valence-corrected chi connectivity index (χ4v) is 3.21. The summed E-state index contributed by atoms with van der Waals surface area (Å²) in [5.41, 5.74) is 4.12. The molecule has 1 aromatic carbocycles. The van der Waals surface area contributed by atoms with Crippen LogP contribution in [0.4, 0.5) is 30.9 Å². The van der Waals surface area contributed by atoms with Crippen molar-refractivity contribution in [1.82, 2.24) is 20.2 Å². The van der Waals surface area contributed by atoms with Crippen LogP contribution in [-0.2, 0) is 0 Å². The number of rotatable bonds is 4. The summed E-state index contributed by atoms with van der Waals surface area (Å²) in [5.74, 6) is -2.70. The van der Waals surface area contributed by atoms with Crippen LogP contribution < -0.4 is 21.3 Å². The fourth-order valence-electron chi connectivity index (χ4n) is 3.21. The number of aromatic amines is 1. The Balaban J connectivity index is 1.63. The predicted octanol–water partition coefficient (Wildman–Crippen LogP) is 1.97. The van der Waals surface area contributed by atoms with E-state index in [1.807, 2.05) is 4.90 Å². The second kappa shape index (κ2) is 7.30. The van der Waals surface area contributed by atoms with Gasteiger partial charge < -0.3 is 16.0 Å². The molecule has 1 aliphatic heterocycles. The summed E-state index contributed by atoms with van der Waals surface area (Å²) in [6.07, 6.45) is 3.25. The minimum atomic E-state index is -1.26. The van der Waals surface area contributed by atoms with E-state index >= 15 is 0 Å². The molecule has 0 radical (unpaired) electrons. The van der Waals surface area contributed by atoms with Crippen LogP contribution >= 0.6 is 0 Å². The van der Waals surface area contributed by atoms with E-state index < -0.39 is 34.8 Å². The Bertz CT molecular complexity index is 1110. The van der Waals surface area contributed by atoms with Gasteiger partial charge in [-0.25, -0.2) is 23.5 Å². The molecule has 0 aliphatic carbocycles. The van der Waals surface area contributed by atoms with Crippen LogP contribution in [0.3, 0.4) is 0 Å². The quantitative estimate of drug-likeness (QED) is 0.526. The lowest BCUT2D eigenvalue weighted by Gasteiger charge is -2.15. The summed E-state index contributed by atoms with van der Waals surface area (Å²) in [6.45, 7) is 1.60. The lowest BCUT2D eigenvalue weighted by molar-refractivity contribution is 0.0996. The summed E-state index contributed by atoms with van der Waals surface area (Å²) in [4.78, 5) is 33.8. The van der Waals surface area contributed by atoms with Crippen LogP contribution in [0.2, 0.25) is 0 Å². The van der Waals surface area contributed by atoms with E-state index in [-0.39, 0.29) is 5.82 Å². The van der Waals surface area contributed by atoms with Crippen molar-refractivity contribution in [2.24, 2.45) is 5.73 Å². The van der Waals surface area contributed by atoms with E-state index in [9.17, 15) is 18.4 Å². The summed E-state index contributed by atoms with van der Waals surface area (Å²) >= 11 is 0. The van der Waals surface area contributed by atoms with Crippen LogP contribution in [0, 0.1) is 11.6 Å². The molecule has 2 aromatic heterocycles. The van der Waals surface area contributed by atoms with E-state index in [1.165, 1.54) is 6.33 Å². The van der Waals surface area contributed by atoms with E-state index in [1.54, 1.807) is 0 Å². The zero-order chi connectivity index (χ0) is 20.5. The van der Waals surface area contributed by atoms with Gasteiger partial charge >= 0.3 is 6.03 Å². The van der Waals surface area contributed by atoms with E-state index in [0.29, 0.717) is 16.9 Å². The third-order valence-corrected chi connectivity index (χ3v) is 4.57. The monoisotopic (exact) mass is 402 g/mol. The largest absolute Gasteiger partial charge is 0.366 e. The number of benzene rings is 1. The molecule has 0 atom stereocenters. The first kappa shape index (κ1) is 18.5. The molecule has 150 valence electrons. The Morgan fingerprint density at radius 3 is 2.62 bits per heavy atom. The number of hydrogen-bond donors (Lipinski definition) is 4. The van der Waals surface area contributed by atoms with Crippen LogP contribution in [-0.4, -0.2) is 45.2 Å². The van der Waals surface area contributed by atoms with E-state index in [2.05, 4.69) is 30.8 Å². The van der Waals surface area contributed by atoms with Crippen molar-refractivity contribution in [1.29, 1.82) is 0 Å². The van der Waals surface area contributed by atoms with Gasteiger partial charge in [0.25, 0.3) is 5.91 Å². The van der Waals surface area contributed by atoms with Crippen molar-refractivity contribution in [2.45, 2.75) is 12.8 Å². The highest BCUT2D eigenvalue weighted by Crippen LogP contribution is 2.30. The summed E-state index contributed by atoms with van der Waals surface area (Å²) < 4.78 is 28.3. The van der Waals surface area contributed by atoms with Gasteiger partial charge in [0.1, 0.15) is 23.2 Å². The normalized spacial score (nSPS) is 13.7. The molecule has 1 saturated heterocycles. The Kier molecular flexibility index (Phi) is 4.66. The number of nitrogens with two attached hydrogens (primary N) is 1. The fraction of sp³-hybridized carbons (Fsp3) is 0.235. The first-order chi connectivity index (χ1) is 14.0. The number of aromatic nitrogens is 4. The number of primary amides is 1. The Hall–Kier alpha value is -3.83. The molecule has 0 bridgehead atoms. The number of nitrogens with zero attached hydrogens (tertiary/aromatic N) is 4. The first-order valence-electron chi connectivity index (χ1n) is 8.75. The Morgan fingerprint density at radius 1 is 1.14 bits per heavy atom. The molecule has 12 heteroatoms. The zero-order valence-corrected chi connectivity index (χ0v) is 15.0. The SMILES string of the molecule is NC(=O)c1ccc(F)c(NC(=O)Nc2ncnc3[nH]nc(N4CCCC4)c23)c1F. The average molecular weight is 402 g/mol. The molecular weight excluding hydrogens is 386 g/mol. The third-order valence-electron chi connectivity index (χ3n) is 4.57. The first-order valence-corrected chi connectivity index (χ1v) is 8.75. The number of anilines is 3.